The number of nitrogen functional groups attached to an aromatic ring is 1. The lowest BCUT2D eigenvalue weighted by Crippen LogP contribution is -1.98. The first-order chi connectivity index (χ1) is 7.99. The topological polar surface area (TPSA) is 43.8 Å². The average Bonchev–Trinajstić information content (AvgIpc) is 2.60. The Hall–Kier alpha value is -1.19. The van der Waals surface area contributed by atoms with Crippen LogP contribution in [0.15, 0.2) is 24.4 Å². The molecule has 1 aromatic heterocycles. The fourth-order valence-electron chi connectivity index (χ4n) is 1.64. The van der Waals surface area contributed by atoms with Gasteiger partial charge in [0.1, 0.15) is 0 Å². The highest BCUT2D eigenvalue weighted by Gasteiger charge is 2.12. The van der Waals surface area contributed by atoms with E-state index in [1.54, 1.807) is 23.0 Å². The van der Waals surface area contributed by atoms with Crippen LogP contribution in [0, 0.1) is 0 Å². The molecule has 0 saturated carbocycles. The molecule has 17 heavy (non-hydrogen) atoms. The Morgan fingerprint density at radius 2 is 2.00 bits per heavy atom. The Balaban J connectivity index is 2.50. The van der Waals surface area contributed by atoms with Crippen LogP contribution in [-0.4, -0.2) is 9.78 Å². The van der Waals surface area contributed by atoms with Crippen molar-refractivity contribution in [3.8, 4) is 5.69 Å². The minimum absolute atomic E-state index is 0.280. The van der Waals surface area contributed by atoms with Crippen LogP contribution < -0.4 is 5.73 Å². The second-order valence-electron chi connectivity index (χ2n) is 4.16. The van der Waals surface area contributed by atoms with Gasteiger partial charge in [-0.3, -0.25) is 0 Å². The quantitative estimate of drug-likeness (QED) is 0.899. The van der Waals surface area contributed by atoms with Crippen LogP contribution in [-0.2, 0) is 0 Å². The molecule has 2 rings (SSSR count). The van der Waals surface area contributed by atoms with Crippen molar-refractivity contribution in [1.82, 2.24) is 9.78 Å². The molecule has 0 saturated heterocycles. The number of hydrogen-bond acceptors (Lipinski definition) is 2. The lowest BCUT2D eigenvalue weighted by molar-refractivity contribution is 0.769. The first-order valence-corrected chi connectivity index (χ1v) is 6.05. The second-order valence-corrected chi connectivity index (χ2v) is 5.01. The van der Waals surface area contributed by atoms with E-state index in [1.807, 2.05) is 19.9 Å². The summed E-state index contributed by atoms with van der Waals surface area (Å²) in [6.07, 6.45) is 1.77. The number of halogens is 2. The SMILES string of the molecule is CC(C)c1nn(-c2ccc(Cl)cc2Cl)cc1N. The summed E-state index contributed by atoms with van der Waals surface area (Å²) >= 11 is 12.0. The molecule has 90 valence electrons. The van der Waals surface area contributed by atoms with Crippen molar-refractivity contribution >= 4 is 28.9 Å². The molecule has 5 heteroatoms. The predicted molar refractivity (Wildman–Crippen MR) is 72.1 cm³/mol. The van der Waals surface area contributed by atoms with Crippen molar-refractivity contribution < 1.29 is 0 Å². The Morgan fingerprint density at radius 1 is 1.29 bits per heavy atom. The van der Waals surface area contributed by atoms with Gasteiger partial charge in [0, 0.05) is 5.02 Å². The molecule has 0 aliphatic rings. The maximum atomic E-state index is 6.12. The van der Waals surface area contributed by atoms with Crippen molar-refractivity contribution in [2.75, 3.05) is 5.73 Å². The van der Waals surface area contributed by atoms with Crippen LogP contribution in [0.2, 0.25) is 10.0 Å². The average molecular weight is 270 g/mol. The van der Waals surface area contributed by atoms with E-state index in [2.05, 4.69) is 5.10 Å². The maximum Gasteiger partial charge on any atom is 0.0883 e. The molecule has 0 spiro atoms. The number of hydrogen-bond donors (Lipinski definition) is 1. The zero-order chi connectivity index (χ0) is 12.6. The largest absolute Gasteiger partial charge is 0.396 e. The first kappa shape index (κ1) is 12.3. The summed E-state index contributed by atoms with van der Waals surface area (Å²) in [6, 6.07) is 5.28. The van der Waals surface area contributed by atoms with Gasteiger partial charge in [-0.1, -0.05) is 37.0 Å². The molecule has 2 N–H and O–H groups in total. The molecule has 0 unspecified atom stereocenters. The fourth-order valence-corrected chi connectivity index (χ4v) is 2.13. The van der Waals surface area contributed by atoms with E-state index in [4.69, 9.17) is 28.9 Å². The monoisotopic (exact) mass is 269 g/mol. The summed E-state index contributed by atoms with van der Waals surface area (Å²) in [5, 5.41) is 5.59. The molecule has 2 aromatic rings. The Labute approximate surface area is 110 Å². The number of rotatable bonds is 2. The van der Waals surface area contributed by atoms with Crippen molar-refractivity contribution in [3.63, 3.8) is 0 Å². The van der Waals surface area contributed by atoms with E-state index in [1.165, 1.54) is 0 Å². The van der Waals surface area contributed by atoms with Gasteiger partial charge in [0.2, 0.25) is 0 Å². The first-order valence-electron chi connectivity index (χ1n) is 5.29. The van der Waals surface area contributed by atoms with Gasteiger partial charge in [-0.05, 0) is 24.1 Å². The van der Waals surface area contributed by atoms with Crippen LogP contribution in [0.4, 0.5) is 5.69 Å². The van der Waals surface area contributed by atoms with Gasteiger partial charge in [0.15, 0.2) is 0 Å². The molecule has 0 fully saturated rings. The molecular formula is C12H13Cl2N3. The van der Waals surface area contributed by atoms with Crippen LogP contribution in [0.3, 0.4) is 0 Å². The van der Waals surface area contributed by atoms with Crippen molar-refractivity contribution in [3.05, 3.63) is 40.1 Å². The minimum atomic E-state index is 0.280. The standard InChI is InChI=1S/C12H13Cl2N3/c1-7(2)12-10(15)6-17(16-12)11-4-3-8(13)5-9(11)14/h3-7H,15H2,1-2H3. The van der Waals surface area contributed by atoms with Gasteiger partial charge < -0.3 is 5.73 Å². The van der Waals surface area contributed by atoms with Gasteiger partial charge in [-0.2, -0.15) is 5.10 Å². The number of aromatic nitrogens is 2. The molecular weight excluding hydrogens is 257 g/mol. The molecule has 1 heterocycles. The van der Waals surface area contributed by atoms with Gasteiger partial charge in [0.25, 0.3) is 0 Å². The Morgan fingerprint density at radius 3 is 2.53 bits per heavy atom. The van der Waals surface area contributed by atoms with Crippen LogP contribution in [0.1, 0.15) is 25.5 Å². The summed E-state index contributed by atoms with van der Waals surface area (Å²) in [6.45, 7) is 4.10. The van der Waals surface area contributed by atoms with E-state index in [-0.39, 0.29) is 5.92 Å². The van der Waals surface area contributed by atoms with Crippen LogP contribution in [0.5, 0.6) is 0 Å². The van der Waals surface area contributed by atoms with Crippen LogP contribution in [0.25, 0.3) is 5.69 Å². The Bertz CT molecular complexity index is 547. The molecule has 1 aromatic carbocycles. The van der Waals surface area contributed by atoms with E-state index in [0.717, 1.165) is 11.4 Å². The molecule has 0 atom stereocenters. The van der Waals surface area contributed by atoms with Crippen molar-refractivity contribution in [2.45, 2.75) is 19.8 Å². The van der Waals surface area contributed by atoms with Gasteiger partial charge in [0.05, 0.1) is 28.3 Å². The van der Waals surface area contributed by atoms with Gasteiger partial charge in [-0.25, -0.2) is 4.68 Å². The molecule has 3 nitrogen and oxygen atoms in total. The van der Waals surface area contributed by atoms with E-state index < -0.39 is 0 Å². The maximum absolute atomic E-state index is 6.12. The number of benzene rings is 1. The van der Waals surface area contributed by atoms with Gasteiger partial charge in [-0.15, -0.1) is 0 Å². The second kappa shape index (κ2) is 4.59. The smallest absolute Gasteiger partial charge is 0.0883 e. The highest BCUT2D eigenvalue weighted by Crippen LogP contribution is 2.27. The summed E-state index contributed by atoms with van der Waals surface area (Å²) < 4.78 is 1.68. The van der Waals surface area contributed by atoms with Crippen molar-refractivity contribution in [1.29, 1.82) is 0 Å². The molecule has 0 aliphatic heterocycles. The summed E-state index contributed by atoms with van der Waals surface area (Å²) in [4.78, 5) is 0. The summed E-state index contributed by atoms with van der Waals surface area (Å²) in [5.74, 6) is 0.280. The fraction of sp³-hybridized carbons (Fsp3) is 0.250. The lowest BCUT2D eigenvalue weighted by atomic mass is 10.1. The highest BCUT2D eigenvalue weighted by molar-refractivity contribution is 6.35. The Kier molecular flexibility index (Phi) is 3.31. The third-order valence-corrected chi connectivity index (χ3v) is 3.01. The van der Waals surface area contributed by atoms with E-state index >= 15 is 0 Å². The van der Waals surface area contributed by atoms with Crippen LogP contribution >= 0.6 is 23.2 Å². The highest BCUT2D eigenvalue weighted by atomic mass is 35.5. The molecule has 0 radical (unpaired) electrons. The summed E-state index contributed by atoms with van der Waals surface area (Å²) in [5.41, 5.74) is 8.22. The third kappa shape index (κ3) is 2.40. The number of anilines is 1. The summed E-state index contributed by atoms with van der Waals surface area (Å²) in [7, 11) is 0. The third-order valence-electron chi connectivity index (χ3n) is 2.48. The predicted octanol–water partition coefficient (Wildman–Crippen LogP) is 3.88. The van der Waals surface area contributed by atoms with E-state index in [9.17, 15) is 0 Å². The molecule has 0 aliphatic carbocycles. The zero-order valence-electron chi connectivity index (χ0n) is 9.61. The molecule has 0 amide bonds. The molecule has 0 bridgehead atoms. The van der Waals surface area contributed by atoms with Crippen molar-refractivity contribution in [2.24, 2.45) is 0 Å². The number of nitrogens with two attached hydrogens (primary N) is 1. The number of nitrogens with zero attached hydrogens (tertiary/aromatic N) is 2. The zero-order valence-corrected chi connectivity index (χ0v) is 11.1. The lowest BCUT2D eigenvalue weighted by Gasteiger charge is -2.04. The normalized spacial score (nSPS) is 11.1. The minimum Gasteiger partial charge on any atom is -0.396 e. The van der Waals surface area contributed by atoms with Gasteiger partial charge >= 0.3 is 0 Å². The van der Waals surface area contributed by atoms with E-state index in [0.29, 0.717) is 15.7 Å².